The Labute approximate surface area is 122 Å². The highest BCUT2D eigenvalue weighted by Crippen LogP contribution is 2.30. The third-order valence-electron chi connectivity index (χ3n) is 3.27. The number of nitrogens with zero attached hydrogens (tertiary/aromatic N) is 2. The molecule has 1 aliphatic heterocycles. The van der Waals surface area contributed by atoms with Gasteiger partial charge in [0.15, 0.2) is 0 Å². The van der Waals surface area contributed by atoms with Crippen LogP contribution in [0, 0.1) is 0 Å². The van der Waals surface area contributed by atoms with Gasteiger partial charge in [-0.05, 0) is 25.5 Å². The van der Waals surface area contributed by atoms with Gasteiger partial charge in [0.1, 0.15) is 0 Å². The van der Waals surface area contributed by atoms with E-state index in [0.29, 0.717) is 0 Å². The zero-order valence-electron chi connectivity index (χ0n) is 10.9. The van der Waals surface area contributed by atoms with Crippen LogP contribution in [0.25, 0.3) is 0 Å². The lowest BCUT2D eigenvalue weighted by Gasteiger charge is -2.26. The van der Waals surface area contributed by atoms with Crippen LogP contribution in [0.3, 0.4) is 0 Å². The molecule has 0 spiro atoms. The molecule has 0 radical (unpaired) electrons. The fraction of sp³-hybridized carbons (Fsp3) is 0.538. The van der Waals surface area contributed by atoms with Crippen molar-refractivity contribution in [1.82, 2.24) is 0 Å². The Morgan fingerprint density at radius 2 is 2.00 bits per heavy atom. The average molecular weight is 293 g/mol. The number of aliphatic hydroxyl groups excluding tert-OH is 1. The Bertz CT molecular complexity index is 363. The number of aliphatic hydroxyl groups is 1. The summed E-state index contributed by atoms with van der Waals surface area (Å²) in [5.41, 5.74) is 2.49. The van der Waals surface area contributed by atoms with Crippen molar-refractivity contribution in [2.45, 2.75) is 19.4 Å². The maximum Gasteiger partial charge on any atom is 0.0731 e. The number of hydrogen-bond donors (Lipinski definition) is 1. The Balaban J connectivity index is 0.00000144. The molecule has 1 saturated heterocycles. The summed E-state index contributed by atoms with van der Waals surface area (Å²) < 4.78 is 0. The molecule has 104 valence electrons. The molecule has 18 heavy (non-hydrogen) atoms. The minimum absolute atomic E-state index is 0. The Morgan fingerprint density at radius 1 is 1.33 bits per heavy atom. The molecule has 1 aromatic carbocycles. The van der Waals surface area contributed by atoms with Gasteiger partial charge < -0.3 is 14.9 Å². The van der Waals surface area contributed by atoms with E-state index in [2.05, 4.69) is 48.0 Å². The molecule has 0 unspecified atom stereocenters. The van der Waals surface area contributed by atoms with Crippen LogP contribution in [0.1, 0.15) is 13.3 Å². The minimum atomic E-state index is -0.167. The van der Waals surface area contributed by atoms with E-state index >= 15 is 0 Å². The van der Waals surface area contributed by atoms with E-state index in [4.69, 9.17) is 0 Å². The van der Waals surface area contributed by atoms with Gasteiger partial charge in [0.2, 0.25) is 0 Å². The Hall–Kier alpha value is -0.640. The van der Waals surface area contributed by atoms with Crippen molar-refractivity contribution in [3.8, 4) is 0 Å². The highest BCUT2D eigenvalue weighted by atomic mass is 35.5. The zero-order chi connectivity index (χ0) is 11.5. The molecule has 5 heteroatoms. The van der Waals surface area contributed by atoms with Gasteiger partial charge in [-0.3, -0.25) is 0 Å². The second-order valence-electron chi connectivity index (χ2n) is 4.39. The predicted molar refractivity (Wildman–Crippen MR) is 82.7 cm³/mol. The lowest BCUT2D eigenvalue weighted by Crippen LogP contribution is -2.25. The maximum atomic E-state index is 9.59. The zero-order valence-corrected chi connectivity index (χ0v) is 12.5. The molecule has 0 aromatic heterocycles. The molecular formula is C13H22Cl2N2O. The predicted octanol–water partition coefficient (Wildman–Crippen LogP) is 2.56. The smallest absolute Gasteiger partial charge is 0.0731 e. The number of hydrogen-bond acceptors (Lipinski definition) is 3. The van der Waals surface area contributed by atoms with Crippen molar-refractivity contribution in [3.05, 3.63) is 24.3 Å². The SMILES string of the molecule is CCN(C)c1ccccc1N1CC[C@H](O)C1.Cl.Cl. The molecular weight excluding hydrogens is 271 g/mol. The summed E-state index contributed by atoms with van der Waals surface area (Å²) >= 11 is 0. The second-order valence-corrected chi connectivity index (χ2v) is 4.39. The fourth-order valence-electron chi connectivity index (χ4n) is 2.19. The van der Waals surface area contributed by atoms with Crippen molar-refractivity contribution in [3.63, 3.8) is 0 Å². The largest absolute Gasteiger partial charge is 0.391 e. The molecule has 1 heterocycles. The molecule has 0 amide bonds. The summed E-state index contributed by atoms with van der Waals surface area (Å²) in [6.45, 7) is 4.85. The average Bonchev–Trinajstić information content (AvgIpc) is 2.75. The van der Waals surface area contributed by atoms with Crippen LogP contribution < -0.4 is 9.80 Å². The molecule has 0 bridgehead atoms. The quantitative estimate of drug-likeness (QED) is 0.928. The van der Waals surface area contributed by atoms with Crippen molar-refractivity contribution >= 4 is 36.2 Å². The molecule has 1 aromatic rings. The first-order valence-electron chi connectivity index (χ1n) is 5.95. The summed E-state index contributed by atoms with van der Waals surface area (Å²) in [6.07, 6.45) is 0.712. The highest BCUT2D eigenvalue weighted by Gasteiger charge is 2.22. The van der Waals surface area contributed by atoms with E-state index in [1.807, 2.05) is 0 Å². The first-order chi connectivity index (χ1) is 7.72. The molecule has 2 rings (SSSR count). The molecule has 3 nitrogen and oxygen atoms in total. The molecule has 1 N–H and O–H groups in total. The van der Waals surface area contributed by atoms with Crippen LogP contribution in [0.15, 0.2) is 24.3 Å². The van der Waals surface area contributed by atoms with Gasteiger partial charge in [-0.25, -0.2) is 0 Å². The van der Waals surface area contributed by atoms with Crippen molar-refractivity contribution in [1.29, 1.82) is 0 Å². The van der Waals surface area contributed by atoms with E-state index in [1.54, 1.807) is 0 Å². The van der Waals surface area contributed by atoms with Crippen molar-refractivity contribution in [2.24, 2.45) is 0 Å². The van der Waals surface area contributed by atoms with Crippen molar-refractivity contribution < 1.29 is 5.11 Å². The maximum absolute atomic E-state index is 9.59. The van der Waals surface area contributed by atoms with Crippen molar-refractivity contribution in [2.75, 3.05) is 36.5 Å². The van der Waals surface area contributed by atoms with Crippen LogP contribution in [0.5, 0.6) is 0 Å². The van der Waals surface area contributed by atoms with Gasteiger partial charge in [0, 0.05) is 26.7 Å². The van der Waals surface area contributed by atoms with E-state index in [-0.39, 0.29) is 30.9 Å². The normalized spacial score (nSPS) is 17.9. The summed E-state index contributed by atoms with van der Waals surface area (Å²) in [6, 6.07) is 8.41. The molecule has 1 fully saturated rings. The summed E-state index contributed by atoms with van der Waals surface area (Å²) in [4.78, 5) is 4.51. The number of rotatable bonds is 3. The Kier molecular flexibility index (Phi) is 7.45. The first-order valence-corrected chi connectivity index (χ1v) is 5.95. The van der Waals surface area contributed by atoms with E-state index in [0.717, 1.165) is 26.1 Å². The fourth-order valence-corrected chi connectivity index (χ4v) is 2.19. The van der Waals surface area contributed by atoms with Crippen LogP contribution in [0.2, 0.25) is 0 Å². The number of halogens is 2. The number of anilines is 2. The second kappa shape index (κ2) is 7.72. The lowest BCUT2D eigenvalue weighted by atomic mass is 10.2. The summed E-state index contributed by atoms with van der Waals surface area (Å²) in [5, 5.41) is 9.59. The number of benzene rings is 1. The standard InChI is InChI=1S/C13H20N2O.2ClH/c1-3-14(2)12-6-4-5-7-13(12)15-9-8-11(16)10-15;;/h4-7,11,16H,3,8-10H2,1-2H3;2*1H/t11-;;/m0../s1. The van der Waals surface area contributed by atoms with Gasteiger partial charge in [0.05, 0.1) is 17.5 Å². The molecule has 0 aliphatic carbocycles. The van der Waals surface area contributed by atoms with Gasteiger partial charge in [0.25, 0.3) is 0 Å². The lowest BCUT2D eigenvalue weighted by molar-refractivity contribution is 0.198. The van der Waals surface area contributed by atoms with Crippen LogP contribution in [-0.2, 0) is 0 Å². The van der Waals surface area contributed by atoms with E-state index < -0.39 is 0 Å². The van der Waals surface area contributed by atoms with Gasteiger partial charge in [-0.15, -0.1) is 24.8 Å². The molecule has 0 saturated carbocycles. The third-order valence-corrected chi connectivity index (χ3v) is 3.27. The topological polar surface area (TPSA) is 26.7 Å². The van der Waals surface area contributed by atoms with E-state index in [9.17, 15) is 5.11 Å². The summed E-state index contributed by atoms with van der Waals surface area (Å²) in [7, 11) is 2.10. The summed E-state index contributed by atoms with van der Waals surface area (Å²) in [5.74, 6) is 0. The monoisotopic (exact) mass is 292 g/mol. The van der Waals surface area contributed by atoms with E-state index in [1.165, 1.54) is 11.4 Å². The van der Waals surface area contributed by atoms with Gasteiger partial charge in [-0.1, -0.05) is 12.1 Å². The number of β-amino-alcohol motifs (C(OH)–C–C–N with tert-alkyl or cyclic N) is 1. The first kappa shape index (κ1) is 17.4. The van der Waals surface area contributed by atoms with Gasteiger partial charge in [-0.2, -0.15) is 0 Å². The van der Waals surface area contributed by atoms with Gasteiger partial charge >= 0.3 is 0 Å². The minimum Gasteiger partial charge on any atom is -0.391 e. The molecule has 1 aliphatic rings. The van der Waals surface area contributed by atoms with Crippen LogP contribution >= 0.6 is 24.8 Å². The highest BCUT2D eigenvalue weighted by molar-refractivity contribution is 5.85. The van der Waals surface area contributed by atoms with Crippen LogP contribution in [-0.4, -0.2) is 37.9 Å². The number of para-hydroxylation sites is 2. The molecule has 1 atom stereocenters. The Morgan fingerprint density at radius 3 is 2.56 bits per heavy atom. The third kappa shape index (κ3) is 3.67. The van der Waals surface area contributed by atoms with Crippen LogP contribution in [0.4, 0.5) is 11.4 Å².